The van der Waals surface area contributed by atoms with E-state index in [1.807, 2.05) is 6.92 Å². The second kappa shape index (κ2) is 6.61. The van der Waals surface area contributed by atoms with Crippen molar-refractivity contribution in [2.75, 3.05) is 26.8 Å². The number of methoxy groups -OCH3 is 1. The van der Waals surface area contributed by atoms with Crippen molar-refractivity contribution in [1.82, 2.24) is 14.7 Å². The number of likely N-dealkylation sites (N-methyl/N-ethyl adjacent to an activating group) is 1. The fourth-order valence-corrected chi connectivity index (χ4v) is 1.67. The van der Waals surface area contributed by atoms with Gasteiger partial charge in [0.15, 0.2) is 0 Å². The van der Waals surface area contributed by atoms with Crippen LogP contribution >= 0.6 is 11.6 Å². The van der Waals surface area contributed by atoms with Crippen molar-refractivity contribution in [2.24, 2.45) is 0 Å². The van der Waals surface area contributed by atoms with Gasteiger partial charge in [0.05, 0.1) is 17.8 Å². The van der Waals surface area contributed by atoms with Crippen LogP contribution in [0.4, 0.5) is 0 Å². The Morgan fingerprint density at radius 3 is 2.88 bits per heavy atom. The third-order valence-corrected chi connectivity index (χ3v) is 2.78. The van der Waals surface area contributed by atoms with Gasteiger partial charge in [-0.15, -0.1) is 0 Å². The van der Waals surface area contributed by atoms with Crippen LogP contribution in [0.25, 0.3) is 0 Å². The summed E-state index contributed by atoms with van der Waals surface area (Å²) < 4.78 is 6.55. The molecule has 0 aliphatic carbocycles. The molecule has 0 saturated carbocycles. The predicted octanol–water partition coefficient (Wildman–Crippen LogP) is 1.59. The summed E-state index contributed by atoms with van der Waals surface area (Å²) in [5.41, 5.74) is 0. The van der Waals surface area contributed by atoms with E-state index in [9.17, 15) is 4.79 Å². The van der Waals surface area contributed by atoms with Gasteiger partial charge in [-0.05, 0) is 13.8 Å². The van der Waals surface area contributed by atoms with Gasteiger partial charge in [0.2, 0.25) is 5.91 Å². The maximum absolute atomic E-state index is 12.2. The van der Waals surface area contributed by atoms with Gasteiger partial charge in [0.1, 0.15) is 6.04 Å². The summed E-state index contributed by atoms with van der Waals surface area (Å²) in [7, 11) is 1.62. The number of aromatic nitrogens is 2. The first-order valence-corrected chi connectivity index (χ1v) is 5.95. The summed E-state index contributed by atoms with van der Waals surface area (Å²) in [6.45, 7) is 5.52. The van der Waals surface area contributed by atoms with Crippen LogP contribution in [0, 0.1) is 0 Å². The standard InChI is InChI=1S/C11H18ClN3O2/c1-4-14(5-6-17-3)11(16)9(2)15-8-10(12)7-13-15/h7-9H,4-6H2,1-3H3/t9-/m1/s1. The molecule has 17 heavy (non-hydrogen) atoms. The van der Waals surface area contributed by atoms with Gasteiger partial charge in [0, 0.05) is 26.4 Å². The van der Waals surface area contributed by atoms with E-state index in [0.717, 1.165) is 0 Å². The van der Waals surface area contributed by atoms with E-state index < -0.39 is 0 Å². The molecule has 1 aromatic rings. The molecular weight excluding hydrogens is 242 g/mol. The third-order valence-electron chi connectivity index (χ3n) is 2.58. The zero-order valence-electron chi connectivity index (χ0n) is 10.4. The minimum absolute atomic E-state index is 0.0179. The molecule has 0 bridgehead atoms. The highest BCUT2D eigenvalue weighted by molar-refractivity contribution is 6.30. The topological polar surface area (TPSA) is 47.4 Å². The lowest BCUT2D eigenvalue weighted by Crippen LogP contribution is -2.38. The molecule has 1 aromatic heterocycles. The first-order valence-electron chi connectivity index (χ1n) is 5.57. The Balaban J connectivity index is 2.66. The van der Waals surface area contributed by atoms with Gasteiger partial charge in [-0.3, -0.25) is 9.48 Å². The second-order valence-corrected chi connectivity index (χ2v) is 4.16. The van der Waals surface area contributed by atoms with Crippen molar-refractivity contribution >= 4 is 17.5 Å². The smallest absolute Gasteiger partial charge is 0.247 e. The van der Waals surface area contributed by atoms with Crippen molar-refractivity contribution in [3.8, 4) is 0 Å². The van der Waals surface area contributed by atoms with Crippen molar-refractivity contribution < 1.29 is 9.53 Å². The third kappa shape index (κ3) is 3.71. The molecule has 0 fully saturated rings. The molecule has 0 N–H and O–H groups in total. The van der Waals surface area contributed by atoms with E-state index in [1.54, 1.807) is 29.8 Å². The molecule has 1 heterocycles. The molecule has 0 spiro atoms. The van der Waals surface area contributed by atoms with Crippen molar-refractivity contribution in [2.45, 2.75) is 19.9 Å². The molecule has 5 nitrogen and oxygen atoms in total. The first-order chi connectivity index (χ1) is 8.10. The molecule has 0 unspecified atom stereocenters. The van der Waals surface area contributed by atoms with E-state index in [0.29, 0.717) is 24.7 Å². The Bertz CT molecular complexity index is 367. The number of halogens is 1. The summed E-state index contributed by atoms with van der Waals surface area (Å²) in [6.07, 6.45) is 3.17. The molecule has 6 heteroatoms. The van der Waals surface area contributed by atoms with Gasteiger partial charge in [-0.2, -0.15) is 5.10 Å². The Hall–Kier alpha value is -1.07. The molecule has 1 amide bonds. The van der Waals surface area contributed by atoms with Crippen molar-refractivity contribution in [3.05, 3.63) is 17.4 Å². The lowest BCUT2D eigenvalue weighted by Gasteiger charge is -2.24. The van der Waals surface area contributed by atoms with Crippen molar-refractivity contribution in [3.63, 3.8) is 0 Å². The number of ether oxygens (including phenoxy) is 1. The van der Waals surface area contributed by atoms with Gasteiger partial charge in [-0.25, -0.2) is 0 Å². The number of amides is 1. The molecule has 1 atom stereocenters. The Morgan fingerprint density at radius 2 is 2.41 bits per heavy atom. The van der Waals surface area contributed by atoms with E-state index in [1.165, 1.54) is 6.20 Å². The lowest BCUT2D eigenvalue weighted by atomic mass is 10.3. The summed E-state index contributed by atoms with van der Waals surface area (Å²) >= 11 is 5.78. The number of hydrogen-bond donors (Lipinski definition) is 0. The molecule has 0 aliphatic rings. The normalized spacial score (nSPS) is 12.5. The summed E-state index contributed by atoms with van der Waals surface area (Å²) in [6, 6.07) is -0.348. The van der Waals surface area contributed by atoms with Crippen LogP contribution in [0.5, 0.6) is 0 Å². The minimum atomic E-state index is -0.348. The molecule has 0 saturated heterocycles. The summed E-state index contributed by atoms with van der Waals surface area (Å²) in [4.78, 5) is 13.9. The zero-order chi connectivity index (χ0) is 12.8. The van der Waals surface area contributed by atoms with Crippen LogP contribution in [-0.2, 0) is 9.53 Å². The van der Waals surface area contributed by atoms with Gasteiger partial charge in [-0.1, -0.05) is 11.6 Å². The van der Waals surface area contributed by atoms with Crippen LogP contribution < -0.4 is 0 Å². The number of nitrogens with zero attached hydrogens (tertiary/aromatic N) is 3. The molecule has 0 aromatic carbocycles. The largest absolute Gasteiger partial charge is 0.383 e. The van der Waals surface area contributed by atoms with Crippen LogP contribution in [0.3, 0.4) is 0 Å². The van der Waals surface area contributed by atoms with Crippen molar-refractivity contribution in [1.29, 1.82) is 0 Å². The van der Waals surface area contributed by atoms with Gasteiger partial charge >= 0.3 is 0 Å². The first kappa shape index (κ1) is 14.0. The van der Waals surface area contributed by atoms with Crippen LogP contribution in [0.15, 0.2) is 12.4 Å². The number of carbonyl (C=O) groups is 1. The molecule has 1 rings (SSSR count). The Morgan fingerprint density at radius 1 is 1.71 bits per heavy atom. The average Bonchev–Trinajstić information content (AvgIpc) is 2.75. The molecule has 0 aliphatic heterocycles. The highest BCUT2D eigenvalue weighted by Crippen LogP contribution is 2.13. The van der Waals surface area contributed by atoms with Crippen LogP contribution in [0.2, 0.25) is 5.02 Å². The van der Waals surface area contributed by atoms with Crippen LogP contribution in [-0.4, -0.2) is 47.4 Å². The number of hydrogen-bond acceptors (Lipinski definition) is 3. The maximum atomic E-state index is 12.2. The fraction of sp³-hybridized carbons (Fsp3) is 0.636. The maximum Gasteiger partial charge on any atom is 0.247 e. The highest BCUT2D eigenvalue weighted by atomic mass is 35.5. The van der Waals surface area contributed by atoms with E-state index in [2.05, 4.69) is 5.10 Å². The second-order valence-electron chi connectivity index (χ2n) is 3.73. The molecular formula is C11H18ClN3O2. The summed E-state index contributed by atoms with van der Waals surface area (Å²) in [5, 5.41) is 4.57. The molecule has 96 valence electrons. The predicted molar refractivity (Wildman–Crippen MR) is 66.1 cm³/mol. The summed E-state index contributed by atoms with van der Waals surface area (Å²) in [5.74, 6) is 0.0179. The number of carbonyl (C=O) groups excluding carboxylic acids is 1. The number of rotatable bonds is 6. The van der Waals surface area contributed by atoms with E-state index in [4.69, 9.17) is 16.3 Å². The fourth-order valence-electron chi connectivity index (χ4n) is 1.53. The monoisotopic (exact) mass is 259 g/mol. The highest BCUT2D eigenvalue weighted by Gasteiger charge is 2.21. The minimum Gasteiger partial charge on any atom is -0.383 e. The van der Waals surface area contributed by atoms with E-state index in [-0.39, 0.29) is 11.9 Å². The van der Waals surface area contributed by atoms with Crippen LogP contribution in [0.1, 0.15) is 19.9 Å². The molecule has 0 radical (unpaired) electrons. The van der Waals surface area contributed by atoms with Gasteiger partial charge in [0.25, 0.3) is 0 Å². The van der Waals surface area contributed by atoms with Gasteiger partial charge < -0.3 is 9.64 Å². The lowest BCUT2D eigenvalue weighted by molar-refractivity contribution is -0.135. The van der Waals surface area contributed by atoms with E-state index >= 15 is 0 Å². The average molecular weight is 260 g/mol. The Kier molecular flexibility index (Phi) is 5.44. The quantitative estimate of drug-likeness (QED) is 0.780. The zero-order valence-corrected chi connectivity index (χ0v) is 11.1. The SMILES string of the molecule is CCN(CCOC)C(=O)[C@@H](C)n1cc(Cl)cn1. The Labute approximate surface area is 106 Å².